The van der Waals surface area contributed by atoms with Crippen LogP contribution in [-0.4, -0.2) is 15.4 Å². The van der Waals surface area contributed by atoms with E-state index in [1.165, 1.54) is 36.4 Å². The van der Waals surface area contributed by atoms with E-state index in [-0.39, 0.29) is 65.8 Å². The van der Waals surface area contributed by atoms with Crippen LogP contribution in [0.1, 0.15) is 16.7 Å². The molecular formula is C45H37N3O10-2. The normalized spacial score (nSPS) is 10.7. The number of nitrogen functional groups attached to an aromatic ring is 1. The number of anilines is 3. The predicted octanol–water partition coefficient (Wildman–Crippen LogP) is 8.65. The molecule has 58 heavy (non-hydrogen) atoms. The summed E-state index contributed by atoms with van der Waals surface area (Å²) in [6.07, 6.45) is 0. The third kappa shape index (κ3) is 10.1. The molecule has 0 unspecified atom stereocenters. The first-order chi connectivity index (χ1) is 28.1. The Labute approximate surface area is 333 Å². The molecule has 0 aliphatic carbocycles. The number of benzene rings is 7. The van der Waals surface area contributed by atoms with Gasteiger partial charge in [-0.3, -0.25) is 10.4 Å². The van der Waals surface area contributed by atoms with Gasteiger partial charge in [-0.2, -0.15) is 0 Å². The summed E-state index contributed by atoms with van der Waals surface area (Å²) in [5.41, 5.74) is 10.8. The second-order valence-corrected chi connectivity index (χ2v) is 13.0. The maximum atomic E-state index is 13.7. The highest BCUT2D eigenvalue weighted by Gasteiger charge is 2.19. The number of ether oxygens (including phenoxy) is 3. The second-order valence-electron chi connectivity index (χ2n) is 13.0. The molecule has 13 nitrogen and oxygen atoms in total. The van der Waals surface area contributed by atoms with Crippen molar-refractivity contribution in [3.63, 3.8) is 0 Å². The van der Waals surface area contributed by atoms with Crippen molar-refractivity contribution in [3.8, 4) is 57.1 Å². The summed E-state index contributed by atoms with van der Waals surface area (Å²) in [5.74, 6) is 1.21. The van der Waals surface area contributed by atoms with Crippen molar-refractivity contribution >= 4 is 17.1 Å². The molecule has 0 amide bonds. The van der Waals surface area contributed by atoms with Gasteiger partial charge in [0.1, 0.15) is 37.0 Å². The van der Waals surface area contributed by atoms with E-state index in [0.29, 0.717) is 27.6 Å². The molecule has 13 heteroatoms. The standard InChI is InChI=1S/C45H38N3O10/c46-35-11-1-30(2-12-35)27-54-43-25-37(26-44(55-28-31-3-15-38(49)16-4-31)45(43)56-29-32-5-17-39(50)18-6-32)48(53)58-41-21-9-34(10-22-41)33-7-13-36(14-8-33)47(52)57-42-23-19-40(51)20-24-42/h1-26,49-52H,27-29,46H2/q-1/p-1. The maximum absolute atomic E-state index is 13.7. The summed E-state index contributed by atoms with van der Waals surface area (Å²) in [7, 11) is 0. The summed E-state index contributed by atoms with van der Waals surface area (Å²) >= 11 is 0. The minimum Gasteiger partial charge on any atom is -0.872 e. The fraction of sp³-hybridized carbons (Fsp3) is 0.0667. The van der Waals surface area contributed by atoms with Gasteiger partial charge < -0.3 is 50.1 Å². The average Bonchev–Trinajstić information content (AvgIpc) is 3.24. The molecule has 0 aromatic heterocycles. The molecule has 0 fully saturated rings. The van der Waals surface area contributed by atoms with Crippen LogP contribution in [0.25, 0.3) is 11.1 Å². The lowest BCUT2D eigenvalue weighted by Gasteiger charge is -2.30. The third-order valence-corrected chi connectivity index (χ3v) is 8.72. The van der Waals surface area contributed by atoms with Crippen molar-refractivity contribution in [1.82, 2.24) is 0 Å². The van der Waals surface area contributed by atoms with E-state index in [9.17, 15) is 25.7 Å². The van der Waals surface area contributed by atoms with Gasteiger partial charge in [0.2, 0.25) is 5.75 Å². The summed E-state index contributed by atoms with van der Waals surface area (Å²) in [4.78, 5) is 11.1. The molecule has 0 saturated carbocycles. The molecule has 7 rings (SSSR count). The molecule has 0 spiro atoms. The fourth-order valence-corrected chi connectivity index (χ4v) is 5.59. The van der Waals surface area contributed by atoms with E-state index in [2.05, 4.69) is 0 Å². The number of phenolic OH excluding ortho intramolecular Hbond substituents is 2. The highest BCUT2D eigenvalue weighted by molar-refractivity contribution is 5.67. The van der Waals surface area contributed by atoms with Crippen molar-refractivity contribution < 1.29 is 44.4 Å². The zero-order valence-electron chi connectivity index (χ0n) is 30.8. The number of nitrogens with zero attached hydrogens (tertiary/aromatic N) is 2. The maximum Gasteiger partial charge on any atom is 0.204 e. The molecule has 0 aliphatic rings. The van der Waals surface area contributed by atoms with Gasteiger partial charge in [0.05, 0.1) is 5.69 Å². The number of hydrogen-bond donors (Lipinski definition) is 4. The van der Waals surface area contributed by atoms with Crippen LogP contribution in [0.5, 0.6) is 46.0 Å². The lowest BCUT2D eigenvalue weighted by Crippen LogP contribution is -2.22. The topological polar surface area (TPSA) is 185 Å². The molecule has 0 heterocycles. The van der Waals surface area contributed by atoms with Gasteiger partial charge in [0.25, 0.3) is 0 Å². The van der Waals surface area contributed by atoms with Gasteiger partial charge >= 0.3 is 0 Å². The van der Waals surface area contributed by atoms with Crippen LogP contribution < -0.4 is 45.2 Å². The third-order valence-electron chi connectivity index (χ3n) is 8.72. The summed E-state index contributed by atoms with van der Waals surface area (Å²) in [6.45, 7) is 0.265. The molecule has 0 atom stereocenters. The number of hydrogen-bond acceptors (Lipinski definition) is 13. The molecule has 0 bridgehead atoms. The Morgan fingerprint density at radius 2 is 0.931 bits per heavy atom. The van der Waals surface area contributed by atoms with E-state index in [4.69, 9.17) is 29.6 Å². The summed E-state index contributed by atoms with van der Waals surface area (Å²) in [6, 6.07) is 42.5. The fourth-order valence-electron chi connectivity index (χ4n) is 5.59. The zero-order chi connectivity index (χ0) is 40.4. The monoisotopic (exact) mass is 779 g/mol. The van der Waals surface area contributed by atoms with Crippen LogP contribution in [0, 0.1) is 5.21 Å². The van der Waals surface area contributed by atoms with Crippen LogP contribution in [-0.2, 0) is 19.8 Å². The van der Waals surface area contributed by atoms with Gasteiger partial charge in [-0.05, 0) is 101 Å². The number of nitrogens with two attached hydrogens (primary N) is 1. The van der Waals surface area contributed by atoms with E-state index >= 15 is 0 Å². The van der Waals surface area contributed by atoms with Crippen molar-refractivity contribution in [2.75, 3.05) is 16.2 Å². The molecule has 7 aromatic carbocycles. The molecule has 0 radical (unpaired) electrons. The van der Waals surface area contributed by atoms with Crippen LogP contribution in [0.3, 0.4) is 0 Å². The van der Waals surface area contributed by atoms with Gasteiger partial charge in [-0.15, -0.1) is 5.75 Å². The first kappa shape index (κ1) is 38.5. The number of rotatable bonds is 16. The Balaban J connectivity index is 1.11. The van der Waals surface area contributed by atoms with Crippen molar-refractivity contribution in [2.24, 2.45) is 0 Å². The Morgan fingerprint density at radius 3 is 1.45 bits per heavy atom. The minimum absolute atomic E-state index is 0.0457. The average molecular weight is 780 g/mol. The van der Waals surface area contributed by atoms with Gasteiger partial charge in [-0.25, -0.2) is 0 Å². The van der Waals surface area contributed by atoms with E-state index < -0.39 is 0 Å². The van der Waals surface area contributed by atoms with Gasteiger partial charge in [0.15, 0.2) is 23.0 Å². The smallest absolute Gasteiger partial charge is 0.204 e. The minimum atomic E-state index is -0.171. The highest BCUT2D eigenvalue weighted by Crippen LogP contribution is 2.43. The SMILES string of the molecule is Nc1ccc(COc2cc(N([O-])Oc3ccc(-c4ccc(N(O)Oc5ccc([O-])cc5)cc4)cc3)cc(OCc3ccc(O)cc3)c2OCc2ccc(O)cc2)cc1. The Hall–Kier alpha value is -7.74. The molecule has 0 saturated heterocycles. The number of phenols is 2. The van der Waals surface area contributed by atoms with Crippen molar-refractivity contribution in [3.05, 3.63) is 180 Å². The zero-order valence-corrected chi connectivity index (χ0v) is 30.8. The van der Waals surface area contributed by atoms with E-state index in [1.54, 1.807) is 109 Å². The quantitative estimate of drug-likeness (QED) is 0.0540. The van der Waals surface area contributed by atoms with E-state index in [0.717, 1.165) is 27.8 Å². The molecular weight excluding hydrogens is 743 g/mol. The van der Waals surface area contributed by atoms with Gasteiger partial charge in [-0.1, -0.05) is 78.0 Å². The largest absolute Gasteiger partial charge is 0.872 e. The highest BCUT2D eigenvalue weighted by atomic mass is 16.9. The van der Waals surface area contributed by atoms with Crippen LogP contribution in [0.2, 0.25) is 0 Å². The Morgan fingerprint density at radius 1 is 0.500 bits per heavy atom. The Bertz CT molecular complexity index is 2320. The lowest BCUT2D eigenvalue weighted by molar-refractivity contribution is -0.268. The van der Waals surface area contributed by atoms with Crippen LogP contribution >= 0.6 is 0 Å². The predicted molar refractivity (Wildman–Crippen MR) is 216 cm³/mol. The van der Waals surface area contributed by atoms with Gasteiger partial charge in [0, 0.05) is 17.8 Å². The second kappa shape index (κ2) is 17.8. The van der Waals surface area contributed by atoms with Crippen molar-refractivity contribution in [2.45, 2.75) is 19.8 Å². The summed E-state index contributed by atoms with van der Waals surface area (Å²) in [5, 5.41) is 55.9. The Kier molecular flexibility index (Phi) is 11.8. The molecule has 294 valence electrons. The molecule has 0 aliphatic heterocycles. The van der Waals surface area contributed by atoms with E-state index in [1.807, 2.05) is 12.1 Å². The number of aromatic hydroxyl groups is 2. The first-order valence-electron chi connectivity index (χ1n) is 17.9. The van der Waals surface area contributed by atoms with Crippen LogP contribution in [0.15, 0.2) is 158 Å². The molecule has 7 aromatic rings. The van der Waals surface area contributed by atoms with Crippen LogP contribution in [0.4, 0.5) is 17.1 Å². The summed E-state index contributed by atoms with van der Waals surface area (Å²) < 4.78 is 18.8. The molecule has 5 N–H and O–H groups in total. The first-order valence-corrected chi connectivity index (χ1v) is 17.9. The lowest BCUT2D eigenvalue weighted by atomic mass is 10.1. The van der Waals surface area contributed by atoms with Crippen molar-refractivity contribution in [1.29, 1.82) is 0 Å².